The SMILES string of the molecule is CC(C)C(CCCN(C)CCC(=O)N(C)C)N1CC2(CCN(c3ncnnc3Oc3ccc(F)cc3C(=O)N(C(C)C)C(C)C)C2)C1.O=C(O)/C=C/C(=O)O. The number of hydrogen-bond acceptors (Lipinski definition) is 11. The number of benzene rings is 1. The molecule has 1 aromatic carbocycles. The fraction of sp³-hybridized carbons (Fsp3) is 0.615. The molecule has 2 aliphatic rings. The second-order valence-electron chi connectivity index (χ2n) is 15.6. The molecule has 55 heavy (non-hydrogen) atoms. The van der Waals surface area contributed by atoms with E-state index in [0.29, 0.717) is 36.4 Å². The summed E-state index contributed by atoms with van der Waals surface area (Å²) in [5, 5.41) is 23.9. The third-order valence-electron chi connectivity index (χ3n) is 9.97. The number of carbonyl (C=O) groups is 4. The molecule has 1 aromatic heterocycles. The molecule has 1 atom stereocenters. The number of aromatic nitrogens is 3. The molecule has 0 radical (unpaired) electrons. The highest BCUT2D eigenvalue weighted by molar-refractivity contribution is 5.97. The van der Waals surface area contributed by atoms with Crippen molar-refractivity contribution in [3.8, 4) is 11.6 Å². The zero-order chi connectivity index (χ0) is 41.0. The summed E-state index contributed by atoms with van der Waals surface area (Å²) in [5.74, 6) is -1.60. The van der Waals surface area contributed by atoms with E-state index in [0.717, 1.165) is 58.5 Å². The predicted molar refractivity (Wildman–Crippen MR) is 207 cm³/mol. The van der Waals surface area contributed by atoms with Gasteiger partial charge in [-0.1, -0.05) is 13.8 Å². The van der Waals surface area contributed by atoms with Crippen LogP contribution in [0.4, 0.5) is 10.2 Å². The summed E-state index contributed by atoms with van der Waals surface area (Å²) >= 11 is 0. The summed E-state index contributed by atoms with van der Waals surface area (Å²) in [6.45, 7) is 17.8. The van der Waals surface area contributed by atoms with Gasteiger partial charge in [-0.15, -0.1) is 10.2 Å². The van der Waals surface area contributed by atoms with Gasteiger partial charge in [0.1, 0.15) is 17.9 Å². The van der Waals surface area contributed by atoms with Crippen molar-refractivity contribution in [2.24, 2.45) is 11.3 Å². The second kappa shape index (κ2) is 20.3. The molecule has 304 valence electrons. The van der Waals surface area contributed by atoms with Crippen molar-refractivity contribution in [1.82, 2.24) is 34.8 Å². The molecule has 3 heterocycles. The molecule has 15 nitrogen and oxygen atoms in total. The molecule has 16 heteroatoms. The molecular formula is C39H59FN8O7. The Morgan fingerprint density at radius 3 is 2.16 bits per heavy atom. The quantitative estimate of drug-likeness (QED) is 0.216. The first-order valence-electron chi connectivity index (χ1n) is 18.8. The van der Waals surface area contributed by atoms with E-state index in [1.54, 1.807) is 23.9 Å². The minimum absolute atomic E-state index is 0.0724. The maximum atomic E-state index is 14.4. The van der Waals surface area contributed by atoms with Crippen LogP contribution in [0, 0.1) is 17.2 Å². The normalized spacial score (nSPS) is 15.7. The summed E-state index contributed by atoms with van der Waals surface area (Å²) in [4.78, 5) is 59.6. The Bertz CT molecular complexity index is 1620. The Kier molecular flexibility index (Phi) is 16.5. The molecule has 2 amide bonds. The highest BCUT2D eigenvalue weighted by Crippen LogP contribution is 2.44. The summed E-state index contributed by atoms with van der Waals surface area (Å²) in [6.07, 6.45) is 6.34. The van der Waals surface area contributed by atoms with E-state index in [1.165, 1.54) is 24.5 Å². The molecule has 2 aromatic rings. The van der Waals surface area contributed by atoms with E-state index in [9.17, 15) is 23.6 Å². The van der Waals surface area contributed by atoms with Crippen LogP contribution in [0.3, 0.4) is 0 Å². The third-order valence-corrected chi connectivity index (χ3v) is 9.97. The molecule has 4 rings (SSSR count). The monoisotopic (exact) mass is 770 g/mol. The standard InChI is InChI=1S/C35H55FN8O3.C4H4O4/c1-24(2)29(11-10-16-41(9)17-14-31(45)40(7)8)43-21-35(22-43)15-18-42(20-35)32-33(39-38-23-37-32)47-30-13-12-27(36)19-28(30)34(46)44(25(3)4)26(5)6;5-3(6)1-2-4(7)8/h12-13,19,23-26,29H,10-11,14-18,20-22H2,1-9H3;1-2H,(H,5,6)(H,7,8)/b;2-1+. The lowest BCUT2D eigenvalue weighted by Crippen LogP contribution is -2.62. The first kappa shape index (κ1) is 44.7. The van der Waals surface area contributed by atoms with Crippen molar-refractivity contribution in [2.75, 3.05) is 65.3 Å². The number of amides is 2. The average Bonchev–Trinajstić information content (AvgIpc) is 3.54. The van der Waals surface area contributed by atoms with Gasteiger partial charge in [-0.25, -0.2) is 19.0 Å². The number of carboxylic acids is 2. The van der Waals surface area contributed by atoms with Crippen molar-refractivity contribution in [3.05, 3.63) is 48.1 Å². The van der Waals surface area contributed by atoms with Gasteiger partial charge in [0.2, 0.25) is 5.91 Å². The largest absolute Gasteiger partial charge is 0.478 e. The van der Waals surface area contributed by atoms with Crippen LogP contribution in [0.1, 0.15) is 77.6 Å². The lowest BCUT2D eigenvalue weighted by atomic mass is 9.76. The Morgan fingerprint density at radius 2 is 1.60 bits per heavy atom. The number of anilines is 1. The van der Waals surface area contributed by atoms with Crippen LogP contribution in [-0.4, -0.2) is 147 Å². The molecule has 2 saturated heterocycles. The summed E-state index contributed by atoms with van der Waals surface area (Å²) in [6, 6.07) is 4.35. The van der Waals surface area contributed by atoms with Crippen LogP contribution in [0.2, 0.25) is 0 Å². The summed E-state index contributed by atoms with van der Waals surface area (Å²) < 4.78 is 20.6. The van der Waals surface area contributed by atoms with Crippen LogP contribution < -0.4 is 9.64 Å². The number of ether oxygens (including phenoxy) is 1. The molecular weight excluding hydrogens is 711 g/mol. The van der Waals surface area contributed by atoms with Crippen LogP contribution in [0.5, 0.6) is 11.6 Å². The number of halogens is 1. The van der Waals surface area contributed by atoms with Gasteiger partial charge in [-0.2, -0.15) is 0 Å². The highest BCUT2D eigenvalue weighted by atomic mass is 19.1. The van der Waals surface area contributed by atoms with E-state index in [4.69, 9.17) is 14.9 Å². The lowest BCUT2D eigenvalue weighted by molar-refractivity contribution is -0.134. The number of carboxylic acid groups (broad SMARTS) is 2. The Balaban J connectivity index is 0.000000912. The van der Waals surface area contributed by atoms with Crippen LogP contribution in [-0.2, 0) is 14.4 Å². The maximum absolute atomic E-state index is 14.4. The molecule has 0 bridgehead atoms. The molecule has 0 saturated carbocycles. The van der Waals surface area contributed by atoms with Crippen molar-refractivity contribution in [1.29, 1.82) is 0 Å². The molecule has 1 unspecified atom stereocenters. The fourth-order valence-electron chi connectivity index (χ4n) is 7.30. The average molecular weight is 771 g/mol. The van der Waals surface area contributed by atoms with E-state index in [2.05, 4.69) is 50.8 Å². The molecule has 2 N–H and O–H groups in total. The van der Waals surface area contributed by atoms with Crippen LogP contribution >= 0.6 is 0 Å². The molecule has 2 aliphatic heterocycles. The van der Waals surface area contributed by atoms with Crippen molar-refractivity contribution in [2.45, 2.75) is 85.4 Å². The second-order valence-corrected chi connectivity index (χ2v) is 15.6. The molecule has 1 spiro atoms. The zero-order valence-electron chi connectivity index (χ0n) is 33.7. The van der Waals surface area contributed by atoms with Crippen molar-refractivity contribution >= 4 is 29.6 Å². The fourth-order valence-corrected chi connectivity index (χ4v) is 7.30. The minimum Gasteiger partial charge on any atom is -0.478 e. The zero-order valence-corrected chi connectivity index (χ0v) is 33.7. The Morgan fingerprint density at radius 1 is 0.964 bits per heavy atom. The number of nitrogens with zero attached hydrogens (tertiary/aromatic N) is 8. The highest BCUT2D eigenvalue weighted by Gasteiger charge is 2.50. The number of likely N-dealkylation sites (tertiary alicyclic amines) is 1. The van der Waals surface area contributed by atoms with Gasteiger partial charge in [-0.3, -0.25) is 14.5 Å². The van der Waals surface area contributed by atoms with Crippen molar-refractivity contribution in [3.63, 3.8) is 0 Å². The molecule has 0 aliphatic carbocycles. The van der Waals surface area contributed by atoms with Gasteiger partial charge < -0.3 is 34.5 Å². The van der Waals surface area contributed by atoms with Gasteiger partial charge in [0.15, 0.2) is 5.82 Å². The number of carbonyl (C=O) groups excluding carboxylic acids is 2. The molecule has 2 fully saturated rings. The first-order valence-corrected chi connectivity index (χ1v) is 18.8. The number of aliphatic carboxylic acids is 2. The minimum atomic E-state index is -1.26. The van der Waals surface area contributed by atoms with E-state index >= 15 is 0 Å². The topological polar surface area (TPSA) is 173 Å². The maximum Gasteiger partial charge on any atom is 0.328 e. The first-order chi connectivity index (χ1) is 25.8. The van der Waals surface area contributed by atoms with Crippen LogP contribution in [0.25, 0.3) is 0 Å². The summed E-state index contributed by atoms with van der Waals surface area (Å²) in [5.41, 5.74) is 0.314. The van der Waals surface area contributed by atoms with Gasteiger partial charge in [-0.05, 0) is 84.7 Å². The summed E-state index contributed by atoms with van der Waals surface area (Å²) in [7, 11) is 5.70. The van der Waals surface area contributed by atoms with Gasteiger partial charge >= 0.3 is 11.9 Å². The van der Waals surface area contributed by atoms with Crippen LogP contribution in [0.15, 0.2) is 36.7 Å². The van der Waals surface area contributed by atoms with Gasteiger partial charge in [0.05, 0.1) is 5.56 Å². The Labute approximate surface area is 324 Å². The number of hydrogen-bond donors (Lipinski definition) is 2. The lowest BCUT2D eigenvalue weighted by Gasteiger charge is -2.53. The van der Waals surface area contributed by atoms with Gasteiger partial charge in [0, 0.05) is 88.9 Å². The number of rotatable bonds is 17. The van der Waals surface area contributed by atoms with E-state index < -0.39 is 17.8 Å². The van der Waals surface area contributed by atoms with Crippen molar-refractivity contribution < 1.29 is 38.5 Å². The van der Waals surface area contributed by atoms with Gasteiger partial charge in [0.25, 0.3) is 11.8 Å². The third kappa shape index (κ3) is 12.9. The van der Waals surface area contributed by atoms with E-state index in [1.807, 2.05) is 27.7 Å². The van der Waals surface area contributed by atoms with E-state index in [-0.39, 0.29) is 46.5 Å². The smallest absolute Gasteiger partial charge is 0.328 e. The Hall–Kier alpha value is -4.70. The predicted octanol–water partition coefficient (Wildman–Crippen LogP) is 4.50.